The maximum Gasteiger partial charge on any atom is 0.265 e. The molecular formula is C6H7N3O. The van der Waals surface area contributed by atoms with Crippen molar-refractivity contribution in [1.82, 2.24) is 10.4 Å². The van der Waals surface area contributed by atoms with Crippen LogP contribution in [0.25, 0.3) is 0 Å². The third-order valence-corrected chi connectivity index (χ3v) is 1.07. The molecule has 0 bridgehead atoms. The van der Waals surface area contributed by atoms with E-state index in [4.69, 9.17) is 5.84 Å². The average molecular weight is 136 g/mol. The molecule has 10 heavy (non-hydrogen) atoms. The van der Waals surface area contributed by atoms with Crippen LogP contribution < -0.4 is 11.3 Å². The van der Waals surface area contributed by atoms with Crippen molar-refractivity contribution < 1.29 is 4.79 Å². The number of rotatable bonds is 1. The van der Waals surface area contributed by atoms with Crippen molar-refractivity contribution in [3.8, 4) is 0 Å². The Hall–Kier alpha value is -1.42. The summed E-state index contributed by atoms with van der Waals surface area (Å²) in [7, 11) is 0. The van der Waals surface area contributed by atoms with Crippen LogP contribution in [0.15, 0.2) is 24.5 Å². The second-order valence-corrected chi connectivity index (χ2v) is 1.71. The minimum Gasteiger partial charge on any atom is -0.290 e. The molecule has 0 aliphatic rings. The molecule has 0 aliphatic carbocycles. The quantitative estimate of drug-likeness (QED) is 0.316. The van der Waals surface area contributed by atoms with E-state index < -0.39 is 0 Å². The molecule has 0 aromatic carbocycles. The van der Waals surface area contributed by atoms with Crippen LogP contribution >= 0.6 is 0 Å². The number of hydrogen-bond acceptors (Lipinski definition) is 3. The number of nitrogens with zero attached hydrogens (tertiary/aromatic N) is 1. The van der Waals surface area contributed by atoms with E-state index in [2.05, 4.69) is 4.98 Å². The van der Waals surface area contributed by atoms with E-state index in [1.54, 1.807) is 12.1 Å². The first-order valence-corrected chi connectivity index (χ1v) is 2.75. The lowest BCUT2D eigenvalue weighted by molar-refractivity contribution is 0.0953. The van der Waals surface area contributed by atoms with E-state index in [1.165, 1.54) is 12.4 Å². The highest BCUT2D eigenvalue weighted by Gasteiger charge is 1.98. The minimum absolute atomic E-state index is 0.303. The molecule has 4 heteroatoms. The first kappa shape index (κ1) is 6.70. The summed E-state index contributed by atoms with van der Waals surface area (Å²) in [5.41, 5.74) is 2.53. The fraction of sp³-hybridized carbons (Fsp3) is 0. The highest BCUT2D eigenvalue weighted by Crippen LogP contribution is 1.93. The number of hydrazine groups is 1. The summed E-state index contributed by atoms with van der Waals surface area (Å²) >= 11 is 0. The predicted molar refractivity (Wildman–Crippen MR) is 35.9 cm³/mol. The normalized spacial score (nSPS) is 8.90. The van der Waals surface area contributed by atoms with Gasteiger partial charge < -0.3 is 0 Å². The summed E-state index contributed by atoms with van der Waals surface area (Å²) in [6.45, 7) is 0. The van der Waals surface area contributed by atoms with E-state index in [0.717, 1.165) is 0 Å². The Morgan fingerprint density at radius 2 is 2.10 bits per heavy atom. The van der Waals surface area contributed by atoms with Crippen molar-refractivity contribution >= 4 is 5.91 Å². The van der Waals surface area contributed by atoms with Gasteiger partial charge in [-0.05, 0) is 12.1 Å². The van der Waals surface area contributed by atoms with E-state index in [-0.39, 0.29) is 5.91 Å². The highest BCUT2D eigenvalue weighted by molar-refractivity contribution is 5.93. The van der Waals surface area contributed by atoms with Gasteiger partial charge in [0.1, 0.15) is 0 Å². The van der Waals surface area contributed by atoms with Gasteiger partial charge in [0.2, 0.25) is 0 Å². The van der Waals surface area contributed by atoms with Crippen LogP contribution in [-0.4, -0.2) is 10.9 Å². The van der Waals surface area contributed by atoms with Crippen molar-refractivity contribution in [2.75, 3.05) is 0 Å². The number of hydrogen-bond donors (Lipinski definition) is 2. The van der Waals surface area contributed by atoms with Gasteiger partial charge in [-0.1, -0.05) is 0 Å². The minimum atomic E-state index is -0.303. The number of nitrogens with two attached hydrogens (primary N) is 1. The standard InChI is InChI=1S/C6H7N3O/c7-9-6(10)5-1-3-8-4-2-5/h1-4H,7H2,(H,9,10)/i6-1. The smallest absolute Gasteiger partial charge is 0.265 e. The van der Waals surface area contributed by atoms with Gasteiger partial charge >= 0.3 is 0 Å². The molecule has 1 aromatic rings. The summed E-state index contributed by atoms with van der Waals surface area (Å²) in [6.07, 6.45) is 3.06. The van der Waals surface area contributed by atoms with Gasteiger partial charge in [0.15, 0.2) is 0 Å². The monoisotopic (exact) mass is 136 g/mol. The second-order valence-electron chi connectivity index (χ2n) is 1.71. The van der Waals surface area contributed by atoms with Gasteiger partial charge in [0.05, 0.1) is 0 Å². The molecule has 0 fully saturated rings. The number of aromatic nitrogens is 1. The van der Waals surface area contributed by atoms with Crippen molar-refractivity contribution in [3.05, 3.63) is 30.1 Å². The van der Waals surface area contributed by atoms with Crippen LogP contribution in [0.3, 0.4) is 0 Å². The predicted octanol–water partition coefficient (Wildman–Crippen LogP) is -0.315. The maximum absolute atomic E-state index is 10.7. The molecule has 0 radical (unpaired) electrons. The SMILES string of the molecule is NN[11C](=O)c1ccncc1. The average Bonchev–Trinajstić information content (AvgIpc) is 2.05. The van der Waals surface area contributed by atoms with E-state index in [9.17, 15) is 4.79 Å². The number of pyridine rings is 1. The zero-order valence-corrected chi connectivity index (χ0v) is 5.24. The Kier molecular flexibility index (Phi) is 1.96. The molecule has 52 valence electrons. The molecular weight excluding hydrogens is 129 g/mol. The Labute approximate surface area is 58.0 Å². The molecule has 1 heterocycles. The lowest BCUT2D eigenvalue weighted by atomic mass is 9.91. The number of nitrogen functional groups attached to an aromatic ring is 1. The molecule has 0 saturated heterocycles. The zero-order chi connectivity index (χ0) is 7.40. The van der Waals surface area contributed by atoms with Gasteiger partial charge in [-0.15, -0.1) is 0 Å². The molecule has 0 atom stereocenters. The van der Waals surface area contributed by atoms with Gasteiger partial charge in [0, 0.05) is 18.0 Å². The van der Waals surface area contributed by atoms with E-state index >= 15 is 0 Å². The molecule has 3 N–H and O–H groups in total. The summed E-state index contributed by atoms with van der Waals surface area (Å²) in [5, 5.41) is 0. The summed E-state index contributed by atoms with van der Waals surface area (Å²) in [5.74, 6) is 4.58. The van der Waals surface area contributed by atoms with Crippen molar-refractivity contribution in [2.45, 2.75) is 0 Å². The molecule has 0 spiro atoms. The number of carbonyl (C=O) groups is 1. The highest BCUT2D eigenvalue weighted by atomic mass is 16.1. The fourth-order valence-electron chi connectivity index (χ4n) is 0.587. The molecule has 0 saturated carbocycles. The zero-order valence-electron chi connectivity index (χ0n) is 5.24. The lowest BCUT2D eigenvalue weighted by Gasteiger charge is -1.95. The molecule has 0 aliphatic heterocycles. The fourth-order valence-corrected chi connectivity index (χ4v) is 0.587. The third-order valence-electron chi connectivity index (χ3n) is 1.07. The molecule has 1 amide bonds. The molecule has 1 aromatic heterocycles. The third kappa shape index (κ3) is 1.29. The Balaban J connectivity index is 2.85. The number of amides is 1. The Bertz CT molecular complexity index is 222. The van der Waals surface area contributed by atoms with E-state index in [1.807, 2.05) is 5.43 Å². The second kappa shape index (κ2) is 2.93. The van der Waals surface area contributed by atoms with Crippen molar-refractivity contribution in [3.63, 3.8) is 0 Å². The topological polar surface area (TPSA) is 68.0 Å². The van der Waals surface area contributed by atoms with Crippen LogP contribution in [0, 0.1) is 0 Å². The van der Waals surface area contributed by atoms with Gasteiger partial charge in [-0.2, -0.15) is 0 Å². The largest absolute Gasteiger partial charge is 0.290 e. The van der Waals surface area contributed by atoms with Crippen LogP contribution in [0.5, 0.6) is 0 Å². The van der Waals surface area contributed by atoms with Crippen LogP contribution in [0.4, 0.5) is 0 Å². The number of nitrogens with one attached hydrogen (secondary N) is 1. The Morgan fingerprint density at radius 1 is 1.50 bits per heavy atom. The van der Waals surface area contributed by atoms with Crippen molar-refractivity contribution in [2.24, 2.45) is 5.84 Å². The van der Waals surface area contributed by atoms with Crippen LogP contribution in [-0.2, 0) is 0 Å². The van der Waals surface area contributed by atoms with E-state index in [0.29, 0.717) is 5.56 Å². The summed E-state index contributed by atoms with van der Waals surface area (Å²) < 4.78 is 0. The van der Waals surface area contributed by atoms with Crippen LogP contribution in [0.2, 0.25) is 0 Å². The first-order valence-electron chi connectivity index (χ1n) is 2.75. The molecule has 1 rings (SSSR count). The van der Waals surface area contributed by atoms with Crippen LogP contribution in [0.1, 0.15) is 10.4 Å². The van der Waals surface area contributed by atoms with Crippen molar-refractivity contribution in [1.29, 1.82) is 0 Å². The number of carbonyl (C=O) groups excluding carboxylic acids is 1. The maximum atomic E-state index is 10.7. The first-order chi connectivity index (χ1) is 4.84. The lowest BCUT2D eigenvalue weighted by Crippen LogP contribution is -2.29. The summed E-state index contributed by atoms with van der Waals surface area (Å²) in [6, 6.07) is 3.17. The Morgan fingerprint density at radius 3 is 2.60 bits per heavy atom. The molecule has 0 unspecified atom stereocenters. The molecule has 4 nitrogen and oxygen atoms in total. The van der Waals surface area contributed by atoms with Gasteiger partial charge in [-0.3, -0.25) is 15.2 Å². The summed E-state index contributed by atoms with van der Waals surface area (Å²) in [4.78, 5) is 14.5. The van der Waals surface area contributed by atoms with Gasteiger partial charge in [-0.25, -0.2) is 5.84 Å². The van der Waals surface area contributed by atoms with Gasteiger partial charge in [0.25, 0.3) is 5.91 Å².